The van der Waals surface area contributed by atoms with Crippen molar-refractivity contribution in [2.45, 2.75) is 12.8 Å². The molecule has 1 amide bonds. The number of carbonyl (C=O) groups is 1. The van der Waals surface area contributed by atoms with E-state index in [0.717, 1.165) is 17.3 Å². The van der Waals surface area contributed by atoms with Gasteiger partial charge in [0.15, 0.2) is 0 Å². The SMILES string of the molecule is O=C(CCS)NCCc1cccc2cccnc12. The highest BCUT2D eigenvalue weighted by Gasteiger charge is 2.03. The van der Waals surface area contributed by atoms with Gasteiger partial charge in [0.2, 0.25) is 5.91 Å². The Balaban J connectivity index is 2.01. The van der Waals surface area contributed by atoms with Gasteiger partial charge < -0.3 is 5.32 Å². The molecule has 2 aromatic rings. The Morgan fingerprint density at radius 2 is 2.11 bits per heavy atom. The van der Waals surface area contributed by atoms with Crippen molar-refractivity contribution < 1.29 is 4.79 Å². The minimum absolute atomic E-state index is 0.0539. The van der Waals surface area contributed by atoms with Gasteiger partial charge >= 0.3 is 0 Å². The molecule has 0 saturated carbocycles. The smallest absolute Gasteiger partial charge is 0.220 e. The van der Waals surface area contributed by atoms with Gasteiger partial charge in [-0.2, -0.15) is 12.6 Å². The fourth-order valence-electron chi connectivity index (χ4n) is 1.90. The van der Waals surface area contributed by atoms with Gasteiger partial charge in [0.05, 0.1) is 5.52 Å². The fraction of sp³-hybridized carbons (Fsp3) is 0.286. The van der Waals surface area contributed by atoms with Gasteiger partial charge in [0.25, 0.3) is 0 Å². The van der Waals surface area contributed by atoms with Gasteiger partial charge in [-0.3, -0.25) is 9.78 Å². The van der Waals surface area contributed by atoms with Crippen molar-refractivity contribution >= 4 is 29.4 Å². The summed E-state index contributed by atoms with van der Waals surface area (Å²) in [6, 6.07) is 10.1. The topological polar surface area (TPSA) is 42.0 Å². The predicted octanol–water partition coefficient (Wildman–Crippen LogP) is 2.21. The summed E-state index contributed by atoms with van der Waals surface area (Å²) in [4.78, 5) is 15.7. The van der Waals surface area contributed by atoms with Gasteiger partial charge in [-0.25, -0.2) is 0 Å². The van der Waals surface area contributed by atoms with Crippen molar-refractivity contribution in [1.29, 1.82) is 0 Å². The average molecular weight is 260 g/mol. The number of nitrogens with one attached hydrogen (secondary N) is 1. The molecule has 0 aliphatic carbocycles. The minimum atomic E-state index is 0.0539. The number of pyridine rings is 1. The maximum atomic E-state index is 11.3. The number of hydrogen-bond acceptors (Lipinski definition) is 3. The molecule has 1 aromatic carbocycles. The van der Waals surface area contributed by atoms with E-state index in [1.54, 1.807) is 6.20 Å². The Morgan fingerprint density at radius 3 is 2.94 bits per heavy atom. The Morgan fingerprint density at radius 1 is 1.28 bits per heavy atom. The van der Waals surface area contributed by atoms with Crippen LogP contribution < -0.4 is 5.32 Å². The van der Waals surface area contributed by atoms with E-state index in [0.29, 0.717) is 18.7 Å². The molecule has 1 aromatic heterocycles. The monoisotopic (exact) mass is 260 g/mol. The Kier molecular flexibility index (Phi) is 4.59. The average Bonchev–Trinajstić information content (AvgIpc) is 2.39. The number of fused-ring (bicyclic) bond motifs is 1. The molecule has 0 radical (unpaired) electrons. The predicted molar refractivity (Wildman–Crippen MR) is 76.9 cm³/mol. The zero-order chi connectivity index (χ0) is 12.8. The molecule has 0 atom stereocenters. The molecule has 0 spiro atoms. The van der Waals surface area contributed by atoms with Crippen LogP contribution in [0.25, 0.3) is 10.9 Å². The fourth-order valence-corrected chi connectivity index (χ4v) is 2.10. The molecule has 0 aliphatic rings. The van der Waals surface area contributed by atoms with Crippen LogP contribution in [-0.4, -0.2) is 23.2 Å². The van der Waals surface area contributed by atoms with E-state index in [1.165, 1.54) is 5.56 Å². The first kappa shape index (κ1) is 12.9. The van der Waals surface area contributed by atoms with Crippen LogP contribution in [0.5, 0.6) is 0 Å². The van der Waals surface area contributed by atoms with Crippen molar-refractivity contribution in [2.75, 3.05) is 12.3 Å². The number of aromatic nitrogens is 1. The number of amides is 1. The van der Waals surface area contributed by atoms with E-state index >= 15 is 0 Å². The third kappa shape index (κ3) is 3.23. The van der Waals surface area contributed by atoms with Gasteiger partial charge in [0, 0.05) is 24.5 Å². The molecule has 3 nitrogen and oxygen atoms in total. The molecule has 0 fully saturated rings. The molecular weight excluding hydrogens is 244 g/mol. The number of benzene rings is 1. The van der Waals surface area contributed by atoms with Crippen LogP contribution in [-0.2, 0) is 11.2 Å². The molecule has 94 valence electrons. The Bertz CT molecular complexity index is 537. The molecule has 4 heteroatoms. The summed E-state index contributed by atoms with van der Waals surface area (Å²) in [7, 11) is 0. The first-order valence-electron chi connectivity index (χ1n) is 6.01. The van der Waals surface area contributed by atoms with Crippen LogP contribution in [0, 0.1) is 0 Å². The number of thiol groups is 1. The minimum Gasteiger partial charge on any atom is -0.356 e. The van der Waals surface area contributed by atoms with Gasteiger partial charge in [-0.1, -0.05) is 24.3 Å². The van der Waals surface area contributed by atoms with Crippen molar-refractivity contribution in [3.63, 3.8) is 0 Å². The zero-order valence-corrected chi connectivity index (χ0v) is 11.0. The molecule has 0 unspecified atom stereocenters. The van der Waals surface area contributed by atoms with Gasteiger partial charge in [0.1, 0.15) is 0 Å². The van der Waals surface area contributed by atoms with Crippen molar-refractivity contribution in [3.05, 3.63) is 42.1 Å². The summed E-state index contributed by atoms with van der Waals surface area (Å²) >= 11 is 4.03. The number of rotatable bonds is 5. The standard InChI is InChI=1S/C14H16N2OS/c17-13(7-10-18)15-9-6-12-4-1-3-11-5-2-8-16-14(11)12/h1-5,8,18H,6-7,9-10H2,(H,15,17). The van der Waals surface area contributed by atoms with Crippen molar-refractivity contribution in [3.8, 4) is 0 Å². The second kappa shape index (κ2) is 6.40. The molecular formula is C14H16N2OS. The van der Waals surface area contributed by atoms with Crippen LogP contribution in [0.2, 0.25) is 0 Å². The lowest BCUT2D eigenvalue weighted by Gasteiger charge is -2.06. The zero-order valence-electron chi connectivity index (χ0n) is 10.1. The second-order valence-corrected chi connectivity index (χ2v) is 4.51. The molecule has 1 N–H and O–H groups in total. The quantitative estimate of drug-likeness (QED) is 0.809. The largest absolute Gasteiger partial charge is 0.356 e. The lowest BCUT2D eigenvalue weighted by molar-refractivity contribution is -0.120. The summed E-state index contributed by atoms with van der Waals surface area (Å²) < 4.78 is 0. The molecule has 0 aliphatic heterocycles. The van der Waals surface area contributed by atoms with Gasteiger partial charge in [-0.05, 0) is 23.8 Å². The summed E-state index contributed by atoms with van der Waals surface area (Å²) in [5, 5.41) is 4.02. The summed E-state index contributed by atoms with van der Waals surface area (Å²) in [6.45, 7) is 0.641. The first-order chi connectivity index (χ1) is 8.81. The highest BCUT2D eigenvalue weighted by atomic mass is 32.1. The first-order valence-corrected chi connectivity index (χ1v) is 6.64. The third-order valence-corrected chi connectivity index (χ3v) is 3.00. The van der Waals surface area contributed by atoms with Crippen LogP contribution in [0.4, 0.5) is 0 Å². The summed E-state index contributed by atoms with van der Waals surface area (Å²) in [5.74, 6) is 0.639. The van der Waals surface area contributed by atoms with E-state index < -0.39 is 0 Å². The highest BCUT2D eigenvalue weighted by Crippen LogP contribution is 2.15. The maximum absolute atomic E-state index is 11.3. The second-order valence-electron chi connectivity index (χ2n) is 4.07. The van der Waals surface area contributed by atoms with Crippen molar-refractivity contribution in [2.24, 2.45) is 0 Å². The van der Waals surface area contributed by atoms with Crippen LogP contribution in [0.15, 0.2) is 36.5 Å². The summed E-state index contributed by atoms with van der Waals surface area (Å²) in [5.41, 5.74) is 2.18. The highest BCUT2D eigenvalue weighted by molar-refractivity contribution is 7.80. The number of hydrogen-bond donors (Lipinski definition) is 2. The van der Waals surface area contributed by atoms with E-state index in [9.17, 15) is 4.79 Å². The van der Waals surface area contributed by atoms with Crippen molar-refractivity contribution in [1.82, 2.24) is 10.3 Å². The van der Waals surface area contributed by atoms with Crippen LogP contribution in [0.1, 0.15) is 12.0 Å². The third-order valence-electron chi connectivity index (χ3n) is 2.77. The Hall–Kier alpha value is -1.55. The molecule has 0 saturated heterocycles. The maximum Gasteiger partial charge on any atom is 0.220 e. The lowest BCUT2D eigenvalue weighted by atomic mass is 10.1. The number of para-hydroxylation sites is 1. The molecule has 2 rings (SSSR count). The molecule has 1 heterocycles. The van der Waals surface area contributed by atoms with Crippen LogP contribution in [0.3, 0.4) is 0 Å². The molecule has 0 bridgehead atoms. The summed E-state index contributed by atoms with van der Waals surface area (Å²) in [6.07, 6.45) is 3.06. The lowest BCUT2D eigenvalue weighted by Crippen LogP contribution is -2.25. The van der Waals surface area contributed by atoms with E-state index in [4.69, 9.17) is 0 Å². The normalized spacial score (nSPS) is 10.5. The van der Waals surface area contributed by atoms with Crippen LogP contribution >= 0.6 is 12.6 Å². The molecule has 18 heavy (non-hydrogen) atoms. The Labute approximate surface area is 112 Å². The van der Waals surface area contributed by atoms with E-state index in [1.807, 2.05) is 24.3 Å². The van der Waals surface area contributed by atoms with Gasteiger partial charge in [-0.15, -0.1) is 0 Å². The van der Waals surface area contributed by atoms with E-state index in [2.05, 4.69) is 29.0 Å². The van der Waals surface area contributed by atoms with E-state index in [-0.39, 0.29) is 5.91 Å². The number of carbonyl (C=O) groups excluding carboxylic acids is 1. The number of nitrogens with zero attached hydrogens (tertiary/aromatic N) is 1.